The molecular weight excluding hydrogens is 248 g/mol. The molecule has 0 fully saturated rings. The first-order valence-electron chi connectivity index (χ1n) is 6.87. The summed E-state index contributed by atoms with van der Waals surface area (Å²) in [4.78, 5) is 4.02. The second kappa shape index (κ2) is 5.47. The van der Waals surface area contributed by atoms with Gasteiger partial charge in [-0.2, -0.15) is 0 Å². The number of fused-ring (bicyclic) bond motifs is 1. The maximum atomic E-state index is 6.25. The number of furan rings is 1. The highest BCUT2D eigenvalue weighted by Crippen LogP contribution is 2.27. The molecule has 1 atom stereocenters. The normalized spacial score (nSPS) is 12.7. The standard InChI is InChI=1S/C17H18N2O/c1-12-3-2-4-14-11-16(20-17(12)14)15(18)6-5-13-7-9-19-10-8-13/h2-4,7-11,15H,5-6,18H2,1H3. The molecule has 2 aromatic heterocycles. The number of nitrogens with zero attached hydrogens (tertiary/aromatic N) is 1. The average molecular weight is 266 g/mol. The molecule has 102 valence electrons. The van der Waals surface area contributed by atoms with E-state index in [2.05, 4.69) is 30.1 Å². The van der Waals surface area contributed by atoms with Crippen LogP contribution in [0, 0.1) is 6.92 Å². The van der Waals surface area contributed by atoms with E-state index in [0.29, 0.717) is 0 Å². The number of nitrogens with two attached hydrogens (primary N) is 1. The first kappa shape index (κ1) is 12.9. The minimum atomic E-state index is -0.0741. The van der Waals surface area contributed by atoms with Crippen molar-refractivity contribution in [2.45, 2.75) is 25.8 Å². The van der Waals surface area contributed by atoms with Crippen molar-refractivity contribution in [1.82, 2.24) is 4.98 Å². The lowest BCUT2D eigenvalue weighted by Crippen LogP contribution is -2.10. The molecule has 0 radical (unpaired) electrons. The molecule has 2 N–H and O–H groups in total. The third kappa shape index (κ3) is 2.58. The Kier molecular flexibility index (Phi) is 3.52. The SMILES string of the molecule is Cc1cccc2cc(C(N)CCc3ccncc3)oc12. The highest BCUT2D eigenvalue weighted by atomic mass is 16.3. The van der Waals surface area contributed by atoms with Crippen LogP contribution in [0.3, 0.4) is 0 Å². The first-order valence-corrected chi connectivity index (χ1v) is 6.87. The summed E-state index contributed by atoms with van der Waals surface area (Å²) in [5, 5.41) is 1.12. The molecular formula is C17H18N2O. The summed E-state index contributed by atoms with van der Waals surface area (Å²) in [6.07, 6.45) is 5.42. The lowest BCUT2D eigenvalue weighted by molar-refractivity contribution is 0.477. The molecule has 3 aromatic rings. The third-order valence-corrected chi connectivity index (χ3v) is 3.62. The lowest BCUT2D eigenvalue weighted by atomic mass is 10.0. The molecule has 0 aliphatic rings. The van der Waals surface area contributed by atoms with Crippen LogP contribution in [0.25, 0.3) is 11.0 Å². The molecule has 0 aliphatic carbocycles. The summed E-state index contributed by atoms with van der Waals surface area (Å²) in [6.45, 7) is 2.05. The molecule has 1 aromatic carbocycles. The predicted molar refractivity (Wildman–Crippen MR) is 80.4 cm³/mol. The molecule has 20 heavy (non-hydrogen) atoms. The number of rotatable bonds is 4. The highest BCUT2D eigenvalue weighted by molar-refractivity contribution is 5.80. The zero-order valence-electron chi connectivity index (χ0n) is 11.5. The van der Waals surface area contributed by atoms with Crippen molar-refractivity contribution in [2.75, 3.05) is 0 Å². The number of hydrogen-bond acceptors (Lipinski definition) is 3. The van der Waals surface area contributed by atoms with Gasteiger partial charge in [0.25, 0.3) is 0 Å². The minimum absolute atomic E-state index is 0.0741. The molecule has 0 saturated heterocycles. The van der Waals surface area contributed by atoms with E-state index in [1.165, 1.54) is 5.56 Å². The fraction of sp³-hybridized carbons (Fsp3) is 0.235. The fourth-order valence-electron chi connectivity index (χ4n) is 2.43. The van der Waals surface area contributed by atoms with Crippen LogP contribution in [0.1, 0.15) is 29.3 Å². The Labute approximate surface area is 118 Å². The first-order chi connectivity index (χ1) is 9.74. The number of aromatic nitrogens is 1. The summed E-state index contributed by atoms with van der Waals surface area (Å²) in [6, 6.07) is 12.2. The number of hydrogen-bond donors (Lipinski definition) is 1. The molecule has 3 nitrogen and oxygen atoms in total. The van der Waals surface area contributed by atoms with Gasteiger partial charge in [0.15, 0.2) is 0 Å². The van der Waals surface area contributed by atoms with Crippen LogP contribution in [-0.4, -0.2) is 4.98 Å². The van der Waals surface area contributed by atoms with Crippen molar-refractivity contribution in [2.24, 2.45) is 5.73 Å². The predicted octanol–water partition coefficient (Wildman–Crippen LogP) is 3.77. The van der Waals surface area contributed by atoms with Crippen LogP contribution in [0.2, 0.25) is 0 Å². The van der Waals surface area contributed by atoms with Crippen LogP contribution >= 0.6 is 0 Å². The Balaban J connectivity index is 1.75. The Bertz CT molecular complexity index is 703. The van der Waals surface area contributed by atoms with E-state index in [1.807, 2.05) is 30.6 Å². The van der Waals surface area contributed by atoms with Crippen LogP contribution in [0.4, 0.5) is 0 Å². The van der Waals surface area contributed by atoms with Crippen LogP contribution < -0.4 is 5.73 Å². The van der Waals surface area contributed by atoms with E-state index in [0.717, 1.165) is 35.1 Å². The monoisotopic (exact) mass is 266 g/mol. The molecule has 0 aliphatic heterocycles. The summed E-state index contributed by atoms with van der Waals surface area (Å²) in [5.41, 5.74) is 9.59. The summed E-state index contributed by atoms with van der Waals surface area (Å²) < 4.78 is 5.91. The van der Waals surface area contributed by atoms with Crippen LogP contribution in [0.15, 0.2) is 53.2 Å². The zero-order valence-corrected chi connectivity index (χ0v) is 11.5. The Morgan fingerprint density at radius 3 is 2.75 bits per heavy atom. The molecule has 0 spiro atoms. The summed E-state index contributed by atoms with van der Waals surface area (Å²) in [5.74, 6) is 0.864. The number of aryl methyl sites for hydroxylation is 2. The molecule has 0 amide bonds. The Morgan fingerprint density at radius 1 is 1.20 bits per heavy atom. The summed E-state index contributed by atoms with van der Waals surface area (Å²) >= 11 is 0. The van der Waals surface area contributed by atoms with Gasteiger partial charge in [0.2, 0.25) is 0 Å². The fourth-order valence-corrected chi connectivity index (χ4v) is 2.43. The van der Waals surface area contributed by atoms with Gasteiger partial charge >= 0.3 is 0 Å². The molecule has 0 saturated carbocycles. The maximum Gasteiger partial charge on any atom is 0.137 e. The minimum Gasteiger partial charge on any atom is -0.459 e. The van der Waals surface area contributed by atoms with Crippen molar-refractivity contribution in [1.29, 1.82) is 0 Å². The molecule has 0 bridgehead atoms. The second-order valence-electron chi connectivity index (χ2n) is 5.14. The van der Waals surface area contributed by atoms with Gasteiger partial charge in [-0.25, -0.2) is 0 Å². The van der Waals surface area contributed by atoms with Gasteiger partial charge < -0.3 is 10.2 Å². The van der Waals surface area contributed by atoms with E-state index < -0.39 is 0 Å². The van der Waals surface area contributed by atoms with Crippen molar-refractivity contribution >= 4 is 11.0 Å². The van der Waals surface area contributed by atoms with Gasteiger partial charge in [-0.15, -0.1) is 0 Å². The van der Waals surface area contributed by atoms with Crippen LogP contribution in [0.5, 0.6) is 0 Å². The lowest BCUT2D eigenvalue weighted by Gasteiger charge is -2.08. The molecule has 2 heterocycles. The molecule has 1 unspecified atom stereocenters. The van der Waals surface area contributed by atoms with E-state index in [-0.39, 0.29) is 6.04 Å². The van der Waals surface area contributed by atoms with E-state index in [4.69, 9.17) is 10.2 Å². The average Bonchev–Trinajstić information content (AvgIpc) is 2.91. The number of para-hydroxylation sites is 1. The van der Waals surface area contributed by atoms with E-state index in [9.17, 15) is 0 Å². The largest absolute Gasteiger partial charge is 0.459 e. The number of pyridine rings is 1. The summed E-state index contributed by atoms with van der Waals surface area (Å²) in [7, 11) is 0. The third-order valence-electron chi connectivity index (χ3n) is 3.62. The van der Waals surface area contributed by atoms with Gasteiger partial charge in [-0.05, 0) is 49.1 Å². The van der Waals surface area contributed by atoms with Crippen molar-refractivity contribution < 1.29 is 4.42 Å². The van der Waals surface area contributed by atoms with E-state index in [1.54, 1.807) is 0 Å². The van der Waals surface area contributed by atoms with Gasteiger partial charge in [0.1, 0.15) is 11.3 Å². The quantitative estimate of drug-likeness (QED) is 0.782. The maximum absolute atomic E-state index is 6.25. The van der Waals surface area contributed by atoms with Gasteiger partial charge in [0, 0.05) is 17.8 Å². The van der Waals surface area contributed by atoms with Crippen molar-refractivity contribution in [3.05, 3.63) is 65.7 Å². The second-order valence-corrected chi connectivity index (χ2v) is 5.14. The van der Waals surface area contributed by atoms with E-state index >= 15 is 0 Å². The van der Waals surface area contributed by atoms with Crippen molar-refractivity contribution in [3.8, 4) is 0 Å². The van der Waals surface area contributed by atoms with Gasteiger partial charge in [0.05, 0.1) is 6.04 Å². The van der Waals surface area contributed by atoms with Gasteiger partial charge in [-0.3, -0.25) is 4.98 Å². The Hall–Kier alpha value is -2.13. The van der Waals surface area contributed by atoms with Crippen LogP contribution in [-0.2, 0) is 6.42 Å². The molecule has 3 rings (SSSR count). The topological polar surface area (TPSA) is 52.0 Å². The van der Waals surface area contributed by atoms with Crippen molar-refractivity contribution in [3.63, 3.8) is 0 Å². The number of benzene rings is 1. The molecule has 3 heteroatoms. The highest BCUT2D eigenvalue weighted by Gasteiger charge is 2.13. The van der Waals surface area contributed by atoms with Gasteiger partial charge in [-0.1, -0.05) is 18.2 Å². The zero-order chi connectivity index (χ0) is 13.9. The smallest absolute Gasteiger partial charge is 0.137 e. The Morgan fingerprint density at radius 2 is 2.00 bits per heavy atom.